The van der Waals surface area contributed by atoms with E-state index in [2.05, 4.69) is 17.6 Å². The van der Waals surface area contributed by atoms with Crippen LogP contribution in [0.15, 0.2) is 0 Å². The topological polar surface area (TPSA) is 103 Å². The van der Waals surface area contributed by atoms with Crippen LogP contribution in [-0.4, -0.2) is 57.9 Å². The first kappa shape index (κ1) is 32.8. The maximum absolute atomic E-state index is 11.9. The number of rotatable bonds is 27. The zero-order chi connectivity index (χ0) is 25.0. The van der Waals surface area contributed by atoms with Crippen molar-refractivity contribution in [2.24, 2.45) is 5.73 Å². The minimum absolute atomic E-state index is 0.0579. The van der Waals surface area contributed by atoms with Gasteiger partial charge in [0.1, 0.15) is 0 Å². The third-order valence-corrected chi connectivity index (χ3v) is 5.88. The van der Waals surface area contributed by atoms with Gasteiger partial charge in [-0.2, -0.15) is 0 Å². The van der Waals surface area contributed by atoms with E-state index in [0.29, 0.717) is 58.9 Å². The Morgan fingerprint density at radius 1 is 0.559 bits per heavy atom. The van der Waals surface area contributed by atoms with E-state index in [-0.39, 0.29) is 11.8 Å². The standard InChI is InChI=1S/C27H55N3O4/c1-2-3-4-5-6-7-8-9-10-11-12-13-14-15-16-17-26(31)29-20-24-34-25-21-30-27(32)18-22-33-23-19-28/h2-25,28H2,1H3,(H,29,31)(H,30,32). The smallest absolute Gasteiger partial charge is 0.222 e. The number of carbonyl (C=O) groups is 2. The molecule has 0 saturated heterocycles. The Kier molecular flexibility index (Phi) is 27.1. The highest BCUT2D eigenvalue weighted by Gasteiger charge is 2.02. The maximum Gasteiger partial charge on any atom is 0.222 e. The van der Waals surface area contributed by atoms with Gasteiger partial charge in [-0.25, -0.2) is 0 Å². The molecule has 0 aliphatic rings. The van der Waals surface area contributed by atoms with Gasteiger partial charge in [-0.15, -0.1) is 0 Å². The molecule has 4 N–H and O–H groups in total. The largest absolute Gasteiger partial charge is 0.380 e. The Morgan fingerprint density at radius 3 is 1.44 bits per heavy atom. The van der Waals surface area contributed by atoms with Crippen LogP contribution in [-0.2, 0) is 19.1 Å². The molecule has 0 atom stereocenters. The lowest BCUT2D eigenvalue weighted by atomic mass is 10.0. The van der Waals surface area contributed by atoms with Gasteiger partial charge in [0.2, 0.25) is 11.8 Å². The lowest BCUT2D eigenvalue weighted by molar-refractivity contribution is -0.122. The third-order valence-electron chi connectivity index (χ3n) is 5.88. The summed E-state index contributed by atoms with van der Waals surface area (Å²) < 4.78 is 10.6. The van der Waals surface area contributed by atoms with Crippen molar-refractivity contribution in [3.05, 3.63) is 0 Å². The van der Waals surface area contributed by atoms with Gasteiger partial charge < -0.3 is 25.8 Å². The van der Waals surface area contributed by atoms with Crippen molar-refractivity contribution in [2.45, 2.75) is 116 Å². The van der Waals surface area contributed by atoms with Gasteiger partial charge in [0.25, 0.3) is 0 Å². The highest BCUT2D eigenvalue weighted by Crippen LogP contribution is 2.13. The molecule has 202 valence electrons. The van der Waals surface area contributed by atoms with Gasteiger partial charge in [0.15, 0.2) is 0 Å². The molecule has 34 heavy (non-hydrogen) atoms. The highest BCUT2D eigenvalue weighted by molar-refractivity contribution is 5.76. The zero-order valence-corrected chi connectivity index (χ0v) is 22.2. The van der Waals surface area contributed by atoms with Crippen molar-refractivity contribution in [2.75, 3.05) is 46.1 Å². The summed E-state index contributed by atoms with van der Waals surface area (Å²) in [4.78, 5) is 23.4. The molecule has 0 aromatic rings. The molecule has 0 aliphatic heterocycles. The SMILES string of the molecule is CCCCCCCCCCCCCCCCCC(=O)NCCOCCNC(=O)CCOCCN. The van der Waals surface area contributed by atoms with Crippen LogP contribution in [0, 0.1) is 0 Å². The first-order valence-corrected chi connectivity index (χ1v) is 14.1. The quantitative estimate of drug-likeness (QED) is 0.144. The number of unbranched alkanes of at least 4 members (excludes halogenated alkanes) is 14. The van der Waals surface area contributed by atoms with Crippen molar-refractivity contribution >= 4 is 11.8 Å². The molecule has 7 nitrogen and oxygen atoms in total. The van der Waals surface area contributed by atoms with Gasteiger partial charge >= 0.3 is 0 Å². The summed E-state index contributed by atoms with van der Waals surface area (Å²) in [5.41, 5.74) is 5.31. The van der Waals surface area contributed by atoms with E-state index in [9.17, 15) is 9.59 Å². The Morgan fingerprint density at radius 2 is 0.971 bits per heavy atom. The van der Waals surface area contributed by atoms with Crippen LogP contribution in [0.25, 0.3) is 0 Å². The Labute approximate surface area is 209 Å². The minimum atomic E-state index is -0.0579. The summed E-state index contributed by atoms with van der Waals surface area (Å²) >= 11 is 0. The summed E-state index contributed by atoms with van der Waals surface area (Å²) in [6.45, 7) is 5.46. The lowest BCUT2D eigenvalue weighted by Crippen LogP contribution is -2.30. The average Bonchev–Trinajstić information content (AvgIpc) is 2.83. The number of nitrogens with one attached hydrogen (secondary N) is 2. The Hall–Kier alpha value is -1.18. The third kappa shape index (κ3) is 27.1. The summed E-state index contributed by atoms with van der Waals surface area (Å²) in [6, 6.07) is 0. The summed E-state index contributed by atoms with van der Waals surface area (Å²) in [6.07, 6.45) is 20.9. The van der Waals surface area contributed by atoms with E-state index in [1.807, 2.05) is 0 Å². The fourth-order valence-electron chi connectivity index (χ4n) is 3.81. The Bertz CT molecular complexity index is 450. The van der Waals surface area contributed by atoms with Gasteiger partial charge in [0.05, 0.1) is 26.4 Å². The molecule has 0 bridgehead atoms. The van der Waals surface area contributed by atoms with Crippen LogP contribution in [0.4, 0.5) is 0 Å². The summed E-state index contributed by atoms with van der Waals surface area (Å²) in [5, 5.41) is 5.66. The predicted molar refractivity (Wildman–Crippen MR) is 141 cm³/mol. The second kappa shape index (κ2) is 28.1. The molecule has 0 heterocycles. The van der Waals surface area contributed by atoms with Crippen LogP contribution >= 0.6 is 0 Å². The fraction of sp³-hybridized carbons (Fsp3) is 0.926. The number of hydrogen-bond donors (Lipinski definition) is 3. The molecule has 0 fully saturated rings. The van der Waals surface area contributed by atoms with E-state index in [0.717, 1.165) is 12.8 Å². The molecule has 0 aromatic heterocycles. The molecule has 0 aliphatic carbocycles. The van der Waals surface area contributed by atoms with Gasteiger partial charge in [-0.3, -0.25) is 9.59 Å². The predicted octanol–water partition coefficient (Wildman–Crippen LogP) is 4.86. The van der Waals surface area contributed by atoms with E-state index in [1.54, 1.807) is 0 Å². The molecular weight excluding hydrogens is 430 g/mol. The second-order valence-electron chi connectivity index (χ2n) is 9.16. The molecular formula is C27H55N3O4. The molecule has 0 unspecified atom stereocenters. The second-order valence-corrected chi connectivity index (χ2v) is 9.16. The fourth-order valence-corrected chi connectivity index (χ4v) is 3.81. The molecule has 7 heteroatoms. The molecule has 2 amide bonds. The van der Waals surface area contributed by atoms with Crippen molar-refractivity contribution in [1.29, 1.82) is 0 Å². The van der Waals surface area contributed by atoms with Crippen molar-refractivity contribution in [3.8, 4) is 0 Å². The number of hydrogen-bond acceptors (Lipinski definition) is 5. The molecule has 0 saturated carbocycles. The first-order valence-electron chi connectivity index (χ1n) is 14.1. The first-order chi connectivity index (χ1) is 16.7. The van der Waals surface area contributed by atoms with Crippen molar-refractivity contribution < 1.29 is 19.1 Å². The minimum Gasteiger partial charge on any atom is -0.380 e. The Balaban J connectivity index is 3.22. The zero-order valence-electron chi connectivity index (χ0n) is 22.2. The number of amides is 2. The normalized spacial score (nSPS) is 11.0. The lowest BCUT2D eigenvalue weighted by Gasteiger charge is -2.08. The molecule has 0 spiro atoms. The van der Waals surface area contributed by atoms with Crippen LogP contribution in [0.5, 0.6) is 0 Å². The van der Waals surface area contributed by atoms with Gasteiger partial charge in [0, 0.05) is 32.5 Å². The maximum atomic E-state index is 11.9. The van der Waals surface area contributed by atoms with Gasteiger partial charge in [-0.05, 0) is 6.42 Å². The van der Waals surface area contributed by atoms with Crippen LogP contribution in [0.3, 0.4) is 0 Å². The monoisotopic (exact) mass is 485 g/mol. The van der Waals surface area contributed by atoms with Crippen LogP contribution < -0.4 is 16.4 Å². The van der Waals surface area contributed by atoms with E-state index in [1.165, 1.54) is 83.5 Å². The summed E-state index contributed by atoms with van der Waals surface area (Å²) in [7, 11) is 0. The molecule has 0 aromatic carbocycles. The van der Waals surface area contributed by atoms with Crippen LogP contribution in [0.1, 0.15) is 116 Å². The average molecular weight is 486 g/mol. The van der Waals surface area contributed by atoms with E-state index in [4.69, 9.17) is 15.2 Å². The van der Waals surface area contributed by atoms with Gasteiger partial charge in [-0.1, -0.05) is 96.8 Å². The molecule has 0 radical (unpaired) electrons. The highest BCUT2D eigenvalue weighted by atomic mass is 16.5. The number of carbonyl (C=O) groups excluding carboxylic acids is 2. The molecule has 0 rings (SSSR count). The van der Waals surface area contributed by atoms with Crippen molar-refractivity contribution in [3.63, 3.8) is 0 Å². The number of ether oxygens (including phenoxy) is 2. The van der Waals surface area contributed by atoms with Crippen molar-refractivity contribution in [1.82, 2.24) is 10.6 Å². The van der Waals surface area contributed by atoms with E-state index < -0.39 is 0 Å². The van der Waals surface area contributed by atoms with E-state index >= 15 is 0 Å². The number of nitrogens with two attached hydrogens (primary N) is 1. The summed E-state index contributed by atoms with van der Waals surface area (Å²) in [5.74, 6) is 0.0431. The van der Waals surface area contributed by atoms with Crippen LogP contribution in [0.2, 0.25) is 0 Å².